The molecule has 0 aliphatic rings. The highest BCUT2D eigenvalue weighted by Crippen LogP contribution is 2.27. The second kappa shape index (κ2) is 14.4. The maximum Gasteiger partial charge on any atom is 0.338 e. The third kappa shape index (κ3) is 13.1. The van der Waals surface area contributed by atoms with E-state index < -0.39 is 8.56 Å². The van der Waals surface area contributed by atoms with Crippen molar-refractivity contribution in [2.45, 2.75) is 65.5 Å². The highest BCUT2D eigenvalue weighted by molar-refractivity contribution is 6.67. The molecule has 0 aromatic rings. The molecule has 0 saturated heterocycles. The molecule has 140 valence electrons. The van der Waals surface area contributed by atoms with Crippen molar-refractivity contribution in [3.05, 3.63) is 0 Å². The van der Waals surface area contributed by atoms with Crippen molar-refractivity contribution in [3.63, 3.8) is 0 Å². The van der Waals surface area contributed by atoms with Crippen LogP contribution in [0.4, 0.5) is 0 Å². The van der Waals surface area contributed by atoms with Gasteiger partial charge in [0.2, 0.25) is 0 Å². The second-order valence-electron chi connectivity index (χ2n) is 7.17. The number of hydrogen-bond acceptors (Lipinski definition) is 4. The van der Waals surface area contributed by atoms with Gasteiger partial charge in [-0.2, -0.15) is 0 Å². The Morgan fingerprint density at radius 2 is 1.04 bits per heavy atom. The van der Waals surface area contributed by atoms with E-state index in [0.29, 0.717) is 26.4 Å². The summed E-state index contributed by atoms with van der Waals surface area (Å²) >= 11 is 0. The lowest BCUT2D eigenvalue weighted by Crippen LogP contribution is -2.44. The van der Waals surface area contributed by atoms with Crippen LogP contribution in [0.5, 0.6) is 0 Å². The Hall–Kier alpha value is 0.0569. The molecular weight excluding hydrogens is 308 g/mol. The van der Waals surface area contributed by atoms with Crippen molar-refractivity contribution >= 4 is 8.56 Å². The Labute approximate surface area is 145 Å². The first-order valence-electron chi connectivity index (χ1n) is 9.21. The molecule has 0 radical (unpaired) electrons. The van der Waals surface area contributed by atoms with Gasteiger partial charge in [0.15, 0.2) is 0 Å². The normalized spacial score (nSPS) is 12.5. The van der Waals surface area contributed by atoms with Gasteiger partial charge in [-0.3, -0.25) is 0 Å². The molecule has 23 heavy (non-hydrogen) atoms. The first kappa shape index (κ1) is 23.1. The maximum absolute atomic E-state index is 6.32. The van der Waals surface area contributed by atoms with Gasteiger partial charge in [-0.1, -0.05) is 53.4 Å². The Bertz CT molecular complexity index is 233. The van der Waals surface area contributed by atoms with Crippen molar-refractivity contribution in [2.75, 3.05) is 40.6 Å². The van der Waals surface area contributed by atoms with Gasteiger partial charge in [0.25, 0.3) is 0 Å². The van der Waals surface area contributed by atoms with Crippen LogP contribution in [-0.4, -0.2) is 49.2 Å². The number of ether oxygens (including phenoxy) is 2. The number of rotatable bonds is 16. The number of hydrogen-bond donors (Lipinski definition) is 0. The highest BCUT2D eigenvalue weighted by atomic mass is 28.4. The summed E-state index contributed by atoms with van der Waals surface area (Å²) in [4.78, 5) is 0. The predicted molar refractivity (Wildman–Crippen MR) is 99.2 cm³/mol. The summed E-state index contributed by atoms with van der Waals surface area (Å²) in [5, 5.41) is 0. The Morgan fingerprint density at radius 3 is 1.35 bits per heavy atom. The fourth-order valence-corrected chi connectivity index (χ4v) is 5.94. The van der Waals surface area contributed by atoms with Crippen molar-refractivity contribution in [1.82, 2.24) is 0 Å². The van der Waals surface area contributed by atoms with Gasteiger partial charge >= 0.3 is 8.56 Å². The smallest absolute Gasteiger partial charge is 0.338 e. The molecule has 0 heterocycles. The zero-order chi connectivity index (χ0) is 17.6. The van der Waals surface area contributed by atoms with E-state index >= 15 is 0 Å². The van der Waals surface area contributed by atoms with Gasteiger partial charge in [-0.15, -0.1) is 0 Å². The molecule has 0 aromatic heterocycles. The van der Waals surface area contributed by atoms with Crippen molar-refractivity contribution in [2.24, 2.45) is 11.8 Å². The van der Waals surface area contributed by atoms with Crippen LogP contribution in [0.15, 0.2) is 0 Å². The summed E-state index contributed by atoms with van der Waals surface area (Å²) in [6, 6.07) is 2.16. The molecule has 0 aromatic carbocycles. The molecule has 0 bridgehead atoms. The molecule has 0 spiro atoms. The van der Waals surface area contributed by atoms with E-state index in [0.717, 1.165) is 23.9 Å². The van der Waals surface area contributed by atoms with Gasteiger partial charge < -0.3 is 18.3 Å². The molecule has 0 atom stereocenters. The van der Waals surface area contributed by atoms with Crippen LogP contribution >= 0.6 is 0 Å². The predicted octanol–water partition coefficient (Wildman–Crippen LogP) is 4.63. The lowest BCUT2D eigenvalue weighted by Gasteiger charge is -2.31. The van der Waals surface area contributed by atoms with E-state index in [1.807, 2.05) is 0 Å². The average Bonchev–Trinajstić information content (AvgIpc) is 2.47. The molecule has 0 aliphatic heterocycles. The lowest BCUT2D eigenvalue weighted by molar-refractivity contribution is 0.0847. The third-order valence-electron chi connectivity index (χ3n) is 3.98. The largest absolute Gasteiger partial charge is 0.392 e. The van der Waals surface area contributed by atoms with E-state index in [1.54, 1.807) is 14.2 Å². The monoisotopic (exact) mass is 348 g/mol. The zero-order valence-electron chi connectivity index (χ0n) is 16.4. The summed E-state index contributed by atoms with van der Waals surface area (Å²) in [5.41, 5.74) is 0. The summed E-state index contributed by atoms with van der Waals surface area (Å²) < 4.78 is 23.0. The van der Waals surface area contributed by atoms with Crippen LogP contribution in [-0.2, 0) is 18.3 Å². The van der Waals surface area contributed by atoms with E-state index in [1.165, 1.54) is 25.7 Å². The SMILES string of the molecule is COCCO[Si](CCCC(C)C)(CCCC(C)C)OCCOC. The summed E-state index contributed by atoms with van der Waals surface area (Å²) in [5.74, 6) is 1.46. The summed E-state index contributed by atoms with van der Waals surface area (Å²) in [6.45, 7) is 11.7. The zero-order valence-corrected chi connectivity index (χ0v) is 17.4. The molecule has 0 amide bonds. The van der Waals surface area contributed by atoms with Gasteiger partial charge in [0, 0.05) is 14.2 Å². The fraction of sp³-hybridized carbons (Fsp3) is 1.00. The van der Waals surface area contributed by atoms with Crippen molar-refractivity contribution in [1.29, 1.82) is 0 Å². The van der Waals surface area contributed by atoms with E-state index in [4.69, 9.17) is 18.3 Å². The summed E-state index contributed by atoms with van der Waals surface area (Å²) in [7, 11) is 1.27. The minimum Gasteiger partial charge on any atom is -0.392 e. The van der Waals surface area contributed by atoms with Crippen LogP contribution < -0.4 is 0 Å². The Morgan fingerprint density at radius 1 is 0.652 bits per heavy atom. The molecular formula is C18H40O4Si. The van der Waals surface area contributed by atoms with Gasteiger partial charge in [0.05, 0.1) is 26.4 Å². The van der Waals surface area contributed by atoms with Crippen molar-refractivity contribution < 1.29 is 18.3 Å². The molecule has 0 unspecified atom stereocenters. The van der Waals surface area contributed by atoms with Gasteiger partial charge in [-0.25, -0.2) is 0 Å². The van der Waals surface area contributed by atoms with Gasteiger partial charge in [-0.05, 0) is 23.9 Å². The Balaban J connectivity index is 4.68. The Kier molecular flexibility index (Phi) is 14.4. The average molecular weight is 349 g/mol. The molecule has 4 nitrogen and oxygen atoms in total. The van der Waals surface area contributed by atoms with Crippen LogP contribution in [0, 0.1) is 11.8 Å². The topological polar surface area (TPSA) is 36.9 Å². The quantitative estimate of drug-likeness (QED) is 0.301. The maximum atomic E-state index is 6.32. The van der Waals surface area contributed by atoms with Crippen molar-refractivity contribution in [3.8, 4) is 0 Å². The van der Waals surface area contributed by atoms with E-state index in [9.17, 15) is 0 Å². The van der Waals surface area contributed by atoms with Gasteiger partial charge in [0.1, 0.15) is 0 Å². The standard InChI is InChI=1S/C18H40O4Si/c1-17(2)9-7-15-23(21-13-11-19-5,22-14-12-20-6)16-8-10-18(3)4/h17-18H,7-16H2,1-6H3. The third-order valence-corrected chi connectivity index (χ3v) is 7.67. The van der Waals surface area contributed by atoms with Crippen LogP contribution in [0.3, 0.4) is 0 Å². The summed E-state index contributed by atoms with van der Waals surface area (Å²) in [6.07, 6.45) is 4.84. The second-order valence-corrected chi connectivity index (χ2v) is 10.6. The minimum atomic E-state index is -2.16. The van der Waals surface area contributed by atoms with E-state index in [-0.39, 0.29) is 0 Å². The van der Waals surface area contributed by atoms with Crippen LogP contribution in [0.1, 0.15) is 53.4 Å². The van der Waals surface area contributed by atoms with Crippen LogP contribution in [0.25, 0.3) is 0 Å². The minimum absolute atomic E-state index is 0.636. The first-order chi connectivity index (χ1) is 11.0. The van der Waals surface area contributed by atoms with E-state index in [2.05, 4.69) is 27.7 Å². The molecule has 0 rings (SSSR count). The highest BCUT2D eigenvalue weighted by Gasteiger charge is 2.36. The van der Waals surface area contributed by atoms with Crippen LogP contribution in [0.2, 0.25) is 12.1 Å². The molecule has 5 heteroatoms. The number of methoxy groups -OCH3 is 2. The molecule has 0 N–H and O–H groups in total. The molecule has 0 saturated carbocycles. The lowest BCUT2D eigenvalue weighted by atomic mass is 10.1. The molecule has 0 fully saturated rings. The molecule has 0 aliphatic carbocycles. The first-order valence-corrected chi connectivity index (χ1v) is 11.4. The fourth-order valence-electron chi connectivity index (χ4n) is 2.64.